The third-order valence-corrected chi connectivity index (χ3v) is 7.65. The Morgan fingerprint density at radius 2 is 1.73 bits per heavy atom. The van der Waals surface area contributed by atoms with Gasteiger partial charge in [0.15, 0.2) is 11.5 Å². The number of aliphatic hydroxyl groups excluding tert-OH is 1. The molecule has 3 aromatic carbocycles. The van der Waals surface area contributed by atoms with Gasteiger partial charge in [-0.25, -0.2) is 0 Å². The molecule has 0 aromatic heterocycles. The largest absolute Gasteiger partial charge is 0.454 e. The highest BCUT2D eigenvalue weighted by atomic mass is 16.7. The summed E-state index contributed by atoms with van der Waals surface area (Å²) in [5.41, 5.74) is 5.22. The maximum absolute atomic E-state index is 13.5. The number of carbonyl (C=O) groups is 2. The highest BCUT2D eigenvalue weighted by molar-refractivity contribution is 5.96. The fourth-order valence-corrected chi connectivity index (χ4v) is 4.97. The summed E-state index contributed by atoms with van der Waals surface area (Å²) in [5, 5.41) is 12.4. The average Bonchev–Trinajstić information content (AvgIpc) is 3.58. The van der Waals surface area contributed by atoms with Crippen molar-refractivity contribution in [1.82, 2.24) is 5.32 Å². The maximum atomic E-state index is 13.5. The molecule has 1 heterocycles. The first-order valence-corrected chi connectivity index (χ1v) is 12.9. The SMILES string of the molecule is Cc1ccc(CC(=O)C2(c3ccc4c(c3)OCO4)CC2)cc1-c1ccc(C(=O)N[C@@H](CO)C(C)C)cc1.[HH].[HH]. The van der Waals surface area contributed by atoms with E-state index in [0.717, 1.165) is 46.4 Å². The monoisotopic (exact) mass is 503 g/mol. The molecule has 1 saturated carbocycles. The van der Waals surface area contributed by atoms with Crippen molar-refractivity contribution in [3.05, 3.63) is 82.9 Å². The molecule has 0 unspecified atom stereocenters. The number of Topliss-reactive ketones (excluding diaryl/α,β-unsaturated/α-hetero) is 1. The molecule has 1 aliphatic heterocycles. The Balaban J connectivity index is 0.00000210. The lowest BCUT2D eigenvalue weighted by atomic mass is 9.87. The van der Waals surface area contributed by atoms with Crippen molar-refractivity contribution in [3.63, 3.8) is 0 Å². The lowest BCUT2D eigenvalue weighted by Crippen LogP contribution is -2.41. The Labute approximate surface area is 220 Å². The molecule has 6 nitrogen and oxygen atoms in total. The van der Waals surface area contributed by atoms with Crippen molar-refractivity contribution in [2.24, 2.45) is 5.92 Å². The average molecular weight is 504 g/mol. The molecule has 1 amide bonds. The van der Waals surface area contributed by atoms with Crippen LogP contribution in [0, 0.1) is 12.8 Å². The van der Waals surface area contributed by atoms with Gasteiger partial charge in [0.2, 0.25) is 6.79 Å². The number of ketones is 1. The summed E-state index contributed by atoms with van der Waals surface area (Å²) >= 11 is 0. The van der Waals surface area contributed by atoms with Crippen LogP contribution >= 0.6 is 0 Å². The van der Waals surface area contributed by atoms with Crippen molar-refractivity contribution in [2.45, 2.75) is 51.5 Å². The number of hydrogen-bond donors (Lipinski definition) is 2. The molecule has 1 fully saturated rings. The van der Waals surface area contributed by atoms with Crippen molar-refractivity contribution < 1.29 is 27.0 Å². The molecule has 0 radical (unpaired) electrons. The third kappa shape index (κ3) is 4.98. The second-order valence-corrected chi connectivity index (χ2v) is 10.5. The van der Waals surface area contributed by atoms with Gasteiger partial charge in [0, 0.05) is 14.8 Å². The summed E-state index contributed by atoms with van der Waals surface area (Å²) < 4.78 is 10.9. The van der Waals surface area contributed by atoms with Crippen LogP contribution in [0.15, 0.2) is 60.7 Å². The second-order valence-electron chi connectivity index (χ2n) is 10.5. The molecule has 0 saturated heterocycles. The van der Waals surface area contributed by atoms with E-state index in [4.69, 9.17) is 9.47 Å². The Morgan fingerprint density at radius 1 is 1.00 bits per heavy atom. The van der Waals surface area contributed by atoms with Crippen LogP contribution in [0.4, 0.5) is 0 Å². The number of nitrogens with one attached hydrogen (secondary N) is 1. The molecule has 196 valence electrons. The molecule has 5 rings (SSSR count). The molecule has 6 heteroatoms. The zero-order valence-corrected chi connectivity index (χ0v) is 21.5. The minimum atomic E-state index is -0.441. The number of aliphatic hydroxyl groups is 1. The molecule has 2 N–H and O–H groups in total. The van der Waals surface area contributed by atoms with Gasteiger partial charge in [-0.15, -0.1) is 0 Å². The zero-order valence-electron chi connectivity index (χ0n) is 21.5. The van der Waals surface area contributed by atoms with Gasteiger partial charge in [0.1, 0.15) is 5.78 Å². The normalized spacial score (nSPS) is 15.9. The number of amides is 1. The van der Waals surface area contributed by atoms with Gasteiger partial charge in [-0.2, -0.15) is 0 Å². The number of rotatable bonds is 9. The van der Waals surface area contributed by atoms with Crippen LogP contribution in [-0.4, -0.2) is 36.2 Å². The fourth-order valence-electron chi connectivity index (χ4n) is 4.97. The summed E-state index contributed by atoms with van der Waals surface area (Å²) in [5.74, 6) is 1.60. The van der Waals surface area contributed by atoms with E-state index in [9.17, 15) is 14.7 Å². The summed E-state index contributed by atoms with van der Waals surface area (Å²) in [6.07, 6.45) is 2.06. The van der Waals surface area contributed by atoms with E-state index < -0.39 is 5.41 Å². The molecule has 2 aliphatic rings. The summed E-state index contributed by atoms with van der Waals surface area (Å²) in [4.78, 5) is 26.1. The van der Waals surface area contributed by atoms with Gasteiger partial charge in [-0.05, 0) is 77.8 Å². The summed E-state index contributed by atoms with van der Waals surface area (Å²) in [6, 6.07) is 19.2. The Bertz CT molecular complexity index is 1340. The maximum Gasteiger partial charge on any atom is 0.251 e. The lowest BCUT2D eigenvalue weighted by molar-refractivity contribution is -0.120. The first kappa shape index (κ1) is 25.0. The predicted octanol–water partition coefficient (Wildman–Crippen LogP) is 5.47. The van der Waals surface area contributed by atoms with Crippen molar-refractivity contribution in [2.75, 3.05) is 13.4 Å². The van der Waals surface area contributed by atoms with Crippen LogP contribution in [0.2, 0.25) is 0 Å². The smallest absolute Gasteiger partial charge is 0.251 e. The Kier molecular flexibility index (Phi) is 6.78. The molecule has 3 aromatic rings. The predicted molar refractivity (Wildman–Crippen MR) is 146 cm³/mol. The zero-order chi connectivity index (χ0) is 26.2. The van der Waals surface area contributed by atoms with Gasteiger partial charge in [-0.3, -0.25) is 9.59 Å². The Hall–Kier alpha value is -3.64. The Morgan fingerprint density at radius 3 is 2.41 bits per heavy atom. The first-order valence-electron chi connectivity index (χ1n) is 12.9. The molecular formula is C31H37NO5. The van der Waals surface area contributed by atoms with Crippen LogP contribution in [0.5, 0.6) is 11.5 Å². The quantitative estimate of drug-likeness (QED) is 0.404. The van der Waals surface area contributed by atoms with Crippen molar-refractivity contribution in [1.29, 1.82) is 0 Å². The van der Waals surface area contributed by atoms with Crippen LogP contribution < -0.4 is 14.8 Å². The van der Waals surface area contributed by atoms with E-state index in [1.165, 1.54) is 0 Å². The standard InChI is InChI=1S/C31H33NO5.2H2/c1-19(2)26(17-33)32-30(35)23-8-6-22(7-9-23)25-14-21(5-4-20(25)3)15-29(34)31(12-13-31)24-10-11-27-28(16-24)37-18-36-27;;/h4-11,14,16,19,26,33H,12-13,15,17-18H2,1-3H3,(H,32,35);2*1H/t26-;;/m0../s1. The van der Waals surface area contributed by atoms with Crippen molar-refractivity contribution >= 4 is 11.7 Å². The molecule has 37 heavy (non-hydrogen) atoms. The van der Waals surface area contributed by atoms with Crippen LogP contribution in [0.25, 0.3) is 11.1 Å². The summed E-state index contributed by atoms with van der Waals surface area (Å²) in [7, 11) is 0. The van der Waals surface area contributed by atoms with Gasteiger partial charge >= 0.3 is 0 Å². The molecule has 1 aliphatic carbocycles. The van der Waals surface area contributed by atoms with Crippen LogP contribution in [0.3, 0.4) is 0 Å². The minimum absolute atomic E-state index is 0. The lowest BCUT2D eigenvalue weighted by Gasteiger charge is -2.20. The van der Waals surface area contributed by atoms with E-state index in [0.29, 0.717) is 17.7 Å². The number of benzene rings is 3. The van der Waals surface area contributed by atoms with Gasteiger partial charge in [0.25, 0.3) is 5.91 Å². The molecular weight excluding hydrogens is 466 g/mol. The van der Waals surface area contributed by atoms with Gasteiger partial charge in [0.05, 0.1) is 18.1 Å². The number of hydrogen-bond acceptors (Lipinski definition) is 5. The number of ether oxygens (including phenoxy) is 2. The van der Waals surface area contributed by atoms with Gasteiger partial charge in [-0.1, -0.05) is 50.2 Å². The topological polar surface area (TPSA) is 84.9 Å². The molecule has 0 spiro atoms. The van der Waals surface area contributed by atoms with E-state index in [1.54, 1.807) is 12.1 Å². The van der Waals surface area contributed by atoms with E-state index in [1.807, 2.05) is 63.2 Å². The van der Waals surface area contributed by atoms with Crippen LogP contribution in [0.1, 0.15) is 56.6 Å². The summed E-state index contributed by atoms with van der Waals surface area (Å²) in [6.45, 7) is 6.10. The molecule has 1 atom stereocenters. The first-order chi connectivity index (χ1) is 17.8. The highest BCUT2D eigenvalue weighted by Gasteiger charge is 2.50. The van der Waals surface area contributed by atoms with Crippen molar-refractivity contribution in [3.8, 4) is 22.6 Å². The number of carbonyl (C=O) groups excluding carboxylic acids is 2. The van der Waals surface area contributed by atoms with Crippen LogP contribution in [-0.2, 0) is 16.6 Å². The van der Waals surface area contributed by atoms with E-state index in [2.05, 4.69) is 11.4 Å². The number of aryl methyl sites for hydroxylation is 1. The van der Waals surface area contributed by atoms with E-state index in [-0.39, 0.29) is 39.9 Å². The number of fused-ring (bicyclic) bond motifs is 1. The fraction of sp³-hybridized carbons (Fsp3) is 0.355. The van der Waals surface area contributed by atoms with E-state index >= 15 is 0 Å². The highest BCUT2D eigenvalue weighted by Crippen LogP contribution is 2.51. The minimum Gasteiger partial charge on any atom is -0.454 e. The van der Waals surface area contributed by atoms with Gasteiger partial charge < -0.3 is 19.9 Å². The molecule has 0 bridgehead atoms. The second kappa shape index (κ2) is 10.0. The third-order valence-electron chi connectivity index (χ3n) is 7.65.